The fraction of sp³-hybridized carbons (Fsp3) is 0.368. The standard InChI is InChI=1S/C38H44N6O6/c45-26-27-11-13-29(14-12-27)34-23-33(25-43-17-19-44(20-18-43)38-39-15-4-16-40-38)49-37(50-34)32-8-2-7-31(22-32)30-6-1-5-28(21-30)24-41-35(46)9-3-10-36(47)42-48/h1-2,4-8,11-16,21-22,33-34,37,45,48H,3,9-10,17-20,23-26H2,(H,41,46)(H,42,47). The number of aliphatic hydroxyl groups excluding tert-OH is 1. The van der Waals surface area contributed by atoms with Crippen LogP contribution in [0.15, 0.2) is 91.3 Å². The van der Waals surface area contributed by atoms with Gasteiger partial charge in [0, 0.05) is 76.5 Å². The van der Waals surface area contributed by atoms with Crippen LogP contribution in [0, 0.1) is 0 Å². The summed E-state index contributed by atoms with van der Waals surface area (Å²) in [6.45, 7) is 4.58. The minimum absolute atomic E-state index is 0.00790. The van der Waals surface area contributed by atoms with E-state index in [1.807, 2.05) is 60.7 Å². The molecule has 12 nitrogen and oxygen atoms in total. The van der Waals surface area contributed by atoms with E-state index in [9.17, 15) is 14.7 Å². The van der Waals surface area contributed by atoms with Crippen molar-refractivity contribution in [2.24, 2.45) is 0 Å². The van der Waals surface area contributed by atoms with Crippen LogP contribution in [-0.2, 0) is 32.2 Å². The van der Waals surface area contributed by atoms with Crippen LogP contribution in [0.2, 0.25) is 0 Å². The predicted octanol–water partition coefficient (Wildman–Crippen LogP) is 4.30. The molecule has 0 radical (unpaired) electrons. The summed E-state index contributed by atoms with van der Waals surface area (Å²) in [6, 6.07) is 26.0. The Labute approximate surface area is 292 Å². The van der Waals surface area contributed by atoms with Gasteiger partial charge < -0.3 is 24.8 Å². The number of hydrogen-bond donors (Lipinski definition) is 4. The van der Waals surface area contributed by atoms with E-state index < -0.39 is 12.2 Å². The number of anilines is 1. The lowest BCUT2D eigenvalue weighted by atomic mass is 9.98. The van der Waals surface area contributed by atoms with Crippen molar-refractivity contribution in [2.75, 3.05) is 37.6 Å². The molecule has 262 valence electrons. The van der Waals surface area contributed by atoms with E-state index in [-0.39, 0.29) is 37.6 Å². The summed E-state index contributed by atoms with van der Waals surface area (Å²) in [5.74, 6) is 0.100. The number of carbonyl (C=O) groups is 2. The van der Waals surface area contributed by atoms with Crippen molar-refractivity contribution in [1.29, 1.82) is 0 Å². The van der Waals surface area contributed by atoms with E-state index in [4.69, 9.17) is 14.7 Å². The molecule has 50 heavy (non-hydrogen) atoms. The molecular formula is C38H44N6O6. The molecular weight excluding hydrogens is 636 g/mol. The Bertz CT molecular complexity index is 1700. The van der Waals surface area contributed by atoms with Crippen LogP contribution in [0.5, 0.6) is 0 Å². The molecule has 0 saturated carbocycles. The first-order valence-corrected chi connectivity index (χ1v) is 17.1. The SMILES string of the molecule is O=C(CCCC(=O)NCc1cccc(-c2cccc(C3OC(CN4CCN(c5ncccn5)CC4)CC(c4ccc(CO)cc4)O3)c2)c1)NO. The van der Waals surface area contributed by atoms with E-state index in [0.29, 0.717) is 19.4 Å². The Kier molecular flexibility index (Phi) is 12.1. The number of hydroxylamine groups is 1. The Balaban J connectivity index is 1.13. The summed E-state index contributed by atoms with van der Waals surface area (Å²) in [4.78, 5) is 37.0. The van der Waals surface area contributed by atoms with Crippen LogP contribution in [-0.4, -0.2) is 75.8 Å². The molecule has 3 atom stereocenters. The number of ether oxygens (including phenoxy) is 2. The van der Waals surface area contributed by atoms with Crippen LogP contribution >= 0.6 is 0 Å². The zero-order valence-corrected chi connectivity index (χ0v) is 28.0. The average molecular weight is 681 g/mol. The highest BCUT2D eigenvalue weighted by atomic mass is 16.7. The number of hydrogen-bond acceptors (Lipinski definition) is 10. The molecule has 3 heterocycles. The molecule has 0 aliphatic carbocycles. The van der Waals surface area contributed by atoms with Gasteiger partial charge in [0.1, 0.15) is 0 Å². The summed E-state index contributed by atoms with van der Waals surface area (Å²) < 4.78 is 13.3. The number of carbonyl (C=O) groups excluding carboxylic acids is 2. The fourth-order valence-electron chi connectivity index (χ4n) is 6.39. The van der Waals surface area contributed by atoms with Gasteiger partial charge in [-0.15, -0.1) is 0 Å². The number of piperazine rings is 1. The van der Waals surface area contributed by atoms with E-state index in [1.165, 1.54) is 0 Å². The Morgan fingerprint density at radius 3 is 2.26 bits per heavy atom. The normalized spacial score (nSPS) is 19.6. The molecule has 6 rings (SSSR count). The van der Waals surface area contributed by atoms with E-state index in [2.05, 4.69) is 43.3 Å². The number of aromatic nitrogens is 2. The molecule has 2 aliphatic heterocycles. The van der Waals surface area contributed by atoms with Gasteiger partial charge >= 0.3 is 0 Å². The molecule has 2 amide bonds. The molecule has 3 aromatic carbocycles. The van der Waals surface area contributed by atoms with Gasteiger partial charge in [-0.05, 0) is 52.4 Å². The van der Waals surface area contributed by atoms with Gasteiger partial charge in [-0.3, -0.25) is 19.7 Å². The third-order valence-corrected chi connectivity index (χ3v) is 9.13. The summed E-state index contributed by atoms with van der Waals surface area (Å²) in [5, 5.41) is 21.1. The smallest absolute Gasteiger partial charge is 0.243 e. The Hall–Kier alpha value is -4.72. The summed E-state index contributed by atoms with van der Waals surface area (Å²) in [7, 11) is 0. The zero-order valence-electron chi connectivity index (χ0n) is 28.0. The van der Waals surface area contributed by atoms with E-state index >= 15 is 0 Å². The maximum absolute atomic E-state index is 12.3. The lowest BCUT2D eigenvalue weighted by molar-refractivity contribution is -0.253. The first-order chi connectivity index (χ1) is 24.5. The lowest BCUT2D eigenvalue weighted by Gasteiger charge is -2.40. The van der Waals surface area contributed by atoms with Gasteiger partial charge in [0.15, 0.2) is 6.29 Å². The topological polar surface area (TPSA) is 149 Å². The second kappa shape index (κ2) is 17.3. The molecule has 1 aromatic heterocycles. The quantitative estimate of drug-likeness (QED) is 0.119. The number of nitrogens with one attached hydrogen (secondary N) is 2. The summed E-state index contributed by atoms with van der Waals surface area (Å²) >= 11 is 0. The number of aliphatic hydroxyl groups is 1. The summed E-state index contributed by atoms with van der Waals surface area (Å²) in [5.41, 5.74) is 7.36. The Morgan fingerprint density at radius 2 is 1.52 bits per heavy atom. The molecule has 0 bridgehead atoms. The van der Waals surface area contributed by atoms with Crippen LogP contribution in [0.25, 0.3) is 11.1 Å². The molecule has 2 aliphatic rings. The van der Waals surface area contributed by atoms with Gasteiger partial charge in [0.25, 0.3) is 0 Å². The van der Waals surface area contributed by atoms with Crippen LogP contribution in [0.3, 0.4) is 0 Å². The van der Waals surface area contributed by atoms with Crippen LogP contribution in [0.4, 0.5) is 5.95 Å². The first-order valence-electron chi connectivity index (χ1n) is 17.1. The maximum Gasteiger partial charge on any atom is 0.243 e. The minimum atomic E-state index is -0.578. The highest BCUT2D eigenvalue weighted by Crippen LogP contribution is 2.39. The third-order valence-electron chi connectivity index (χ3n) is 9.13. The molecule has 3 unspecified atom stereocenters. The second-order valence-electron chi connectivity index (χ2n) is 12.7. The second-order valence-corrected chi connectivity index (χ2v) is 12.7. The van der Waals surface area contributed by atoms with Crippen molar-refractivity contribution in [3.05, 3.63) is 114 Å². The van der Waals surface area contributed by atoms with Gasteiger partial charge in [0.2, 0.25) is 17.8 Å². The minimum Gasteiger partial charge on any atom is -0.392 e. The highest BCUT2D eigenvalue weighted by Gasteiger charge is 2.34. The first kappa shape index (κ1) is 35.1. The van der Waals surface area contributed by atoms with Crippen molar-refractivity contribution in [1.82, 2.24) is 25.7 Å². The van der Waals surface area contributed by atoms with Crippen molar-refractivity contribution < 1.29 is 29.4 Å². The van der Waals surface area contributed by atoms with Crippen molar-refractivity contribution in [2.45, 2.75) is 57.3 Å². The monoisotopic (exact) mass is 680 g/mol. The molecule has 4 aromatic rings. The van der Waals surface area contributed by atoms with Crippen molar-refractivity contribution in [3.63, 3.8) is 0 Å². The van der Waals surface area contributed by atoms with Crippen molar-refractivity contribution in [3.8, 4) is 11.1 Å². The predicted molar refractivity (Wildman–Crippen MR) is 187 cm³/mol. The van der Waals surface area contributed by atoms with Gasteiger partial charge in [-0.2, -0.15) is 0 Å². The zero-order chi connectivity index (χ0) is 34.7. The molecule has 0 spiro atoms. The van der Waals surface area contributed by atoms with E-state index in [0.717, 1.165) is 72.1 Å². The number of benzene rings is 3. The largest absolute Gasteiger partial charge is 0.392 e. The number of rotatable bonds is 13. The van der Waals surface area contributed by atoms with Crippen LogP contribution in [0.1, 0.15) is 60.3 Å². The third kappa shape index (κ3) is 9.49. The fourth-order valence-corrected chi connectivity index (χ4v) is 6.39. The molecule has 12 heteroatoms. The molecule has 2 fully saturated rings. The molecule has 2 saturated heterocycles. The van der Waals surface area contributed by atoms with Gasteiger partial charge in [-0.1, -0.05) is 60.7 Å². The van der Waals surface area contributed by atoms with Crippen molar-refractivity contribution >= 4 is 17.8 Å². The maximum atomic E-state index is 12.3. The van der Waals surface area contributed by atoms with Gasteiger partial charge in [-0.25, -0.2) is 15.4 Å². The van der Waals surface area contributed by atoms with E-state index in [1.54, 1.807) is 17.9 Å². The molecule has 4 N–H and O–H groups in total. The highest BCUT2D eigenvalue weighted by molar-refractivity contribution is 5.78. The Morgan fingerprint density at radius 1 is 0.800 bits per heavy atom. The number of nitrogens with zero attached hydrogens (tertiary/aromatic N) is 4. The summed E-state index contributed by atoms with van der Waals surface area (Å²) in [6.07, 6.45) is 4.07. The van der Waals surface area contributed by atoms with Gasteiger partial charge in [0.05, 0.1) is 18.8 Å². The number of amides is 2. The lowest BCUT2D eigenvalue weighted by Crippen LogP contribution is -2.50. The average Bonchev–Trinajstić information content (AvgIpc) is 3.17. The van der Waals surface area contributed by atoms with Crippen LogP contribution < -0.4 is 15.7 Å².